The molecule has 4 heteroatoms. The molecule has 2 rings (SSSR count). The number of nitrogens with zero attached hydrogens (tertiary/aromatic N) is 2. The monoisotopic (exact) mass is 230 g/mol. The van der Waals surface area contributed by atoms with Gasteiger partial charge in [-0.2, -0.15) is 0 Å². The second-order valence-corrected chi connectivity index (χ2v) is 4.18. The highest BCUT2D eigenvalue weighted by Crippen LogP contribution is 2.23. The summed E-state index contributed by atoms with van der Waals surface area (Å²) in [6, 6.07) is 6.03. The highest BCUT2D eigenvalue weighted by atomic mass is 16.4. The zero-order valence-corrected chi connectivity index (χ0v) is 10.1. The Balaban J connectivity index is 2.56. The second kappa shape index (κ2) is 4.05. The Morgan fingerprint density at radius 2 is 2.06 bits per heavy atom. The van der Waals surface area contributed by atoms with Gasteiger partial charge in [-0.25, -0.2) is 9.78 Å². The molecule has 1 aromatic carbocycles. The number of benzene rings is 1. The topological polar surface area (TPSA) is 55.1 Å². The van der Waals surface area contributed by atoms with E-state index in [1.807, 2.05) is 26.0 Å². The first-order valence-electron chi connectivity index (χ1n) is 5.33. The van der Waals surface area contributed by atoms with Crippen molar-refractivity contribution < 1.29 is 9.90 Å². The standard InChI is InChI=1S/C13H14N2O2/c1-8-4-5-10(9(2)6-8)12-14-11(13(16)17)7-15(12)3/h4-7H,1-3H3,(H,16,17). The predicted octanol–water partition coefficient (Wildman–Crippen LogP) is 2.40. The van der Waals surface area contributed by atoms with Crippen molar-refractivity contribution in [2.45, 2.75) is 13.8 Å². The molecule has 0 bridgehead atoms. The van der Waals surface area contributed by atoms with Crippen LogP contribution in [0.25, 0.3) is 11.4 Å². The Kier molecular flexibility index (Phi) is 2.71. The van der Waals surface area contributed by atoms with E-state index in [0.717, 1.165) is 11.1 Å². The highest BCUT2D eigenvalue weighted by molar-refractivity contribution is 5.86. The van der Waals surface area contributed by atoms with Gasteiger partial charge in [0.05, 0.1) is 0 Å². The number of carbonyl (C=O) groups is 1. The smallest absolute Gasteiger partial charge is 0.356 e. The number of rotatable bonds is 2. The van der Waals surface area contributed by atoms with Gasteiger partial charge >= 0.3 is 5.97 Å². The molecule has 0 amide bonds. The van der Waals surface area contributed by atoms with Gasteiger partial charge < -0.3 is 9.67 Å². The first kappa shape index (κ1) is 11.4. The van der Waals surface area contributed by atoms with Crippen molar-refractivity contribution in [1.82, 2.24) is 9.55 Å². The molecule has 1 N–H and O–H groups in total. The molecule has 0 aliphatic rings. The average Bonchev–Trinajstić information content (AvgIpc) is 2.61. The lowest BCUT2D eigenvalue weighted by Gasteiger charge is -2.06. The van der Waals surface area contributed by atoms with E-state index in [0.29, 0.717) is 5.82 Å². The fraction of sp³-hybridized carbons (Fsp3) is 0.231. The Bertz CT molecular complexity index is 585. The SMILES string of the molecule is Cc1ccc(-c2nc(C(=O)O)cn2C)c(C)c1. The summed E-state index contributed by atoms with van der Waals surface area (Å²) in [7, 11) is 1.80. The van der Waals surface area contributed by atoms with Crippen molar-refractivity contribution in [1.29, 1.82) is 0 Å². The zero-order valence-electron chi connectivity index (χ0n) is 10.1. The van der Waals surface area contributed by atoms with Crippen LogP contribution in [0.5, 0.6) is 0 Å². The first-order chi connectivity index (χ1) is 7.99. The quantitative estimate of drug-likeness (QED) is 0.861. The summed E-state index contributed by atoms with van der Waals surface area (Å²) >= 11 is 0. The van der Waals surface area contributed by atoms with Crippen LogP contribution < -0.4 is 0 Å². The van der Waals surface area contributed by atoms with Crippen molar-refractivity contribution in [3.63, 3.8) is 0 Å². The van der Waals surface area contributed by atoms with Gasteiger partial charge in [-0.3, -0.25) is 0 Å². The number of carboxylic acid groups (broad SMARTS) is 1. The molecule has 0 unspecified atom stereocenters. The fourth-order valence-corrected chi connectivity index (χ4v) is 1.88. The van der Waals surface area contributed by atoms with Gasteiger partial charge in [0.1, 0.15) is 5.82 Å². The van der Waals surface area contributed by atoms with Crippen LogP contribution in [0.15, 0.2) is 24.4 Å². The molecule has 0 radical (unpaired) electrons. The van der Waals surface area contributed by atoms with Crippen LogP contribution in [0.4, 0.5) is 0 Å². The molecule has 2 aromatic rings. The average molecular weight is 230 g/mol. The van der Waals surface area contributed by atoms with Crippen molar-refractivity contribution in [2.75, 3.05) is 0 Å². The van der Waals surface area contributed by atoms with E-state index in [4.69, 9.17) is 5.11 Å². The van der Waals surface area contributed by atoms with Crippen molar-refractivity contribution >= 4 is 5.97 Å². The number of aromatic carboxylic acids is 1. The number of aromatic nitrogens is 2. The van der Waals surface area contributed by atoms with Crippen LogP contribution in [0.1, 0.15) is 21.6 Å². The van der Waals surface area contributed by atoms with E-state index >= 15 is 0 Å². The minimum atomic E-state index is -1.00. The Labute approximate surface area is 99.5 Å². The number of hydrogen-bond donors (Lipinski definition) is 1. The van der Waals surface area contributed by atoms with Gasteiger partial charge in [0, 0.05) is 18.8 Å². The lowest BCUT2D eigenvalue weighted by molar-refractivity contribution is 0.0691. The summed E-state index contributed by atoms with van der Waals surface area (Å²) in [5.41, 5.74) is 3.31. The summed E-state index contributed by atoms with van der Waals surface area (Å²) in [6.45, 7) is 4.02. The maximum Gasteiger partial charge on any atom is 0.356 e. The van der Waals surface area contributed by atoms with Crippen molar-refractivity contribution in [3.8, 4) is 11.4 Å². The van der Waals surface area contributed by atoms with Crippen LogP contribution in [0.2, 0.25) is 0 Å². The molecule has 0 aliphatic carbocycles. The maximum atomic E-state index is 10.9. The summed E-state index contributed by atoms with van der Waals surface area (Å²) in [4.78, 5) is 15.0. The van der Waals surface area contributed by atoms with Crippen LogP contribution in [-0.4, -0.2) is 20.6 Å². The molecule has 0 aliphatic heterocycles. The number of carboxylic acids is 1. The second-order valence-electron chi connectivity index (χ2n) is 4.18. The van der Waals surface area contributed by atoms with Crippen LogP contribution in [0.3, 0.4) is 0 Å². The summed E-state index contributed by atoms with van der Waals surface area (Å²) in [5, 5.41) is 8.91. The molecule has 0 saturated carbocycles. The molecule has 17 heavy (non-hydrogen) atoms. The fourth-order valence-electron chi connectivity index (χ4n) is 1.88. The minimum absolute atomic E-state index is 0.0717. The molecule has 0 fully saturated rings. The third kappa shape index (κ3) is 2.06. The van der Waals surface area contributed by atoms with Gasteiger partial charge in [0.2, 0.25) is 0 Å². The molecule has 4 nitrogen and oxygen atoms in total. The van der Waals surface area contributed by atoms with E-state index in [2.05, 4.69) is 11.1 Å². The molecule has 0 spiro atoms. The molecular formula is C13H14N2O2. The van der Waals surface area contributed by atoms with Crippen molar-refractivity contribution in [2.24, 2.45) is 7.05 Å². The molecule has 0 saturated heterocycles. The maximum absolute atomic E-state index is 10.9. The van der Waals surface area contributed by atoms with Crippen LogP contribution >= 0.6 is 0 Å². The van der Waals surface area contributed by atoms with Gasteiger partial charge in [-0.15, -0.1) is 0 Å². The van der Waals surface area contributed by atoms with Gasteiger partial charge in [-0.05, 0) is 19.4 Å². The molecule has 1 aromatic heterocycles. The third-order valence-electron chi connectivity index (χ3n) is 2.72. The van der Waals surface area contributed by atoms with Crippen LogP contribution in [-0.2, 0) is 7.05 Å². The zero-order chi connectivity index (χ0) is 12.6. The van der Waals surface area contributed by atoms with Crippen molar-refractivity contribution in [3.05, 3.63) is 41.2 Å². The molecular weight excluding hydrogens is 216 g/mol. The van der Waals surface area contributed by atoms with E-state index in [9.17, 15) is 4.79 Å². The molecule has 0 atom stereocenters. The number of hydrogen-bond acceptors (Lipinski definition) is 2. The minimum Gasteiger partial charge on any atom is -0.476 e. The van der Waals surface area contributed by atoms with E-state index in [-0.39, 0.29) is 5.69 Å². The highest BCUT2D eigenvalue weighted by Gasteiger charge is 2.13. The van der Waals surface area contributed by atoms with Gasteiger partial charge in [-0.1, -0.05) is 23.8 Å². The lowest BCUT2D eigenvalue weighted by Crippen LogP contribution is -1.96. The first-order valence-corrected chi connectivity index (χ1v) is 5.33. The Hall–Kier alpha value is -2.10. The predicted molar refractivity (Wildman–Crippen MR) is 65.1 cm³/mol. The summed E-state index contributed by atoms with van der Waals surface area (Å²) in [6.07, 6.45) is 1.52. The third-order valence-corrected chi connectivity index (χ3v) is 2.72. The lowest BCUT2D eigenvalue weighted by atomic mass is 10.1. The van der Waals surface area contributed by atoms with E-state index in [1.165, 1.54) is 11.8 Å². The normalized spacial score (nSPS) is 10.5. The van der Waals surface area contributed by atoms with Gasteiger partial charge in [0.25, 0.3) is 0 Å². The molecule has 88 valence electrons. The molecule has 1 heterocycles. The van der Waals surface area contributed by atoms with E-state index < -0.39 is 5.97 Å². The Morgan fingerprint density at radius 1 is 1.35 bits per heavy atom. The summed E-state index contributed by atoms with van der Waals surface area (Å²) < 4.78 is 1.74. The summed E-state index contributed by atoms with van der Waals surface area (Å²) in [5.74, 6) is -0.323. The van der Waals surface area contributed by atoms with E-state index in [1.54, 1.807) is 11.6 Å². The largest absolute Gasteiger partial charge is 0.476 e. The Morgan fingerprint density at radius 3 is 2.59 bits per heavy atom. The van der Waals surface area contributed by atoms with Crippen LogP contribution in [0, 0.1) is 13.8 Å². The number of aryl methyl sites for hydroxylation is 3. The van der Waals surface area contributed by atoms with Gasteiger partial charge in [0.15, 0.2) is 5.69 Å². The number of imidazole rings is 1.